The maximum absolute atomic E-state index is 12.9. The first-order valence-electron chi connectivity index (χ1n) is 4.98. The SMILES string of the molecule is OCC(O)C(F)(F)C(F)(F)C(F)(F)C(F)(F)C(F)(F)C(F)(F)F. The summed E-state index contributed by atoms with van der Waals surface area (Å²) in [7, 11) is 0. The van der Waals surface area contributed by atoms with Gasteiger partial charge in [-0.25, -0.2) is 0 Å². The van der Waals surface area contributed by atoms with Gasteiger partial charge in [-0.3, -0.25) is 0 Å². The minimum absolute atomic E-state index is 2.42. The van der Waals surface area contributed by atoms with Crippen molar-refractivity contribution < 1.29 is 67.3 Å². The van der Waals surface area contributed by atoms with Crippen LogP contribution in [0.3, 0.4) is 0 Å². The molecule has 15 heteroatoms. The van der Waals surface area contributed by atoms with Crippen molar-refractivity contribution in [1.29, 1.82) is 0 Å². The molecule has 2 nitrogen and oxygen atoms in total. The third-order valence-electron chi connectivity index (χ3n) is 2.55. The third kappa shape index (κ3) is 2.81. The van der Waals surface area contributed by atoms with E-state index in [0.29, 0.717) is 0 Å². The maximum atomic E-state index is 12.9. The van der Waals surface area contributed by atoms with E-state index in [1.165, 1.54) is 0 Å². The molecular weight excluding hydrogens is 375 g/mol. The molecule has 0 aromatic carbocycles. The van der Waals surface area contributed by atoms with Crippen molar-refractivity contribution in [2.24, 2.45) is 0 Å². The van der Waals surface area contributed by atoms with Gasteiger partial charge in [0.1, 0.15) is 6.10 Å². The lowest BCUT2D eigenvalue weighted by molar-refractivity contribution is -0.444. The van der Waals surface area contributed by atoms with Crippen molar-refractivity contribution >= 4 is 0 Å². The van der Waals surface area contributed by atoms with Crippen LogP contribution in [0, 0.1) is 0 Å². The molecule has 0 heterocycles. The number of halogens is 13. The molecule has 0 saturated carbocycles. The fourth-order valence-corrected chi connectivity index (χ4v) is 1.11. The summed E-state index contributed by atoms with van der Waals surface area (Å²) in [6, 6.07) is 0. The van der Waals surface area contributed by atoms with Crippen LogP contribution in [0.5, 0.6) is 0 Å². The lowest BCUT2D eigenvalue weighted by Gasteiger charge is -2.40. The van der Waals surface area contributed by atoms with E-state index in [4.69, 9.17) is 10.2 Å². The van der Waals surface area contributed by atoms with Crippen LogP contribution < -0.4 is 0 Å². The highest BCUT2D eigenvalue weighted by Gasteiger charge is 2.91. The Labute approximate surface area is 117 Å². The summed E-state index contributed by atoms with van der Waals surface area (Å²) in [6.45, 7) is -2.42. The van der Waals surface area contributed by atoms with Gasteiger partial charge in [0.2, 0.25) is 0 Å². The van der Waals surface area contributed by atoms with E-state index in [0.717, 1.165) is 0 Å². The minimum Gasteiger partial charge on any atom is -0.393 e. The molecule has 0 saturated heterocycles. The van der Waals surface area contributed by atoms with Crippen LogP contribution in [0.15, 0.2) is 0 Å². The first-order chi connectivity index (χ1) is 9.73. The number of aliphatic hydroxyl groups is 2. The third-order valence-corrected chi connectivity index (χ3v) is 2.55. The van der Waals surface area contributed by atoms with Crippen molar-refractivity contribution in [2.75, 3.05) is 6.61 Å². The Morgan fingerprint density at radius 2 is 0.870 bits per heavy atom. The Hall–Kier alpha value is -0.990. The van der Waals surface area contributed by atoms with Gasteiger partial charge in [-0.15, -0.1) is 0 Å². The highest BCUT2D eigenvalue weighted by Crippen LogP contribution is 2.60. The van der Waals surface area contributed by atoms with Gasteiger partial charge in [0.25, 0.3) is 0 Å². The summed E-state index contributed by atoms with van der Waals surface area (Å²) in [4.78, 5) is 0. The van der Waals surface area contributed by atoms with Gasteiger partial charge in [-0.05, 0) is 0 Å². The summed E-state index contributed by atoms with van der Waals surface area (Å²) in [6.07, 6.45) is -11.6. The van der Waals surface area contributed by atoms with Crippen molar-refractivity contribution in [3.05, 3.63) is 0 Å². The molecule has 0 aromatic rings. The molecule has 23 heavy (non-hydrogen) atoms. The molecule has 0 spiro atoms. The standard InChI is InChI=1S/C8H5F13O2/c9-3(10,2(23)1-22)4(11,12)5(13,14)6(15,16)7(17,18)8(19,20)21/h2,22-23H,1H2. The fourth-order valence-electron chi connectivity index (χ4n) is 1.11. The van der Waals surface area contributed by atoms with Crippen LogP contribution >= 0.6 is 0 Å². The van der Waals surface area contributed by atoms with Gasteiger partial charge in [0.15, 0.2) is 0 Å². The van der Waals surface area contributed by atoms with Crippen LogP contribution in [0.2, 0.25) is 0 Å². The molecule has 1 unspecified atom stereocenters. The Balaban J connectivity index is 6.25. The molecule has 2 N–H and O–H groups in total. The predicted molar refractivity (Wildman–Crippen MR) is 43.9 cm³/mol. The average molecular weight is 380 g/mol. The number of hydrogen-bond acceptors (Lipinski definition) is 2. The maximum Gasteiger partial charge on any atom is 0.460 e. The second kappa shape index (κ2) is 5.53. The van der Waals surface area contributed by atoms with Gasteiger partial charge >= 0.3 is 35.8 Å². The summed E-state index contributed by atoms with van der Waals surface area (Å²) < 4.78 is 162. The lowest BCUT2D eigenvalue weighted by atomic mass is 9.92. The van der Waals surface area contributed by atoms with Crippen LogP contribution in [0.1, 0.15) is 0 Å². The van der Waals surface area contributed by atoms with Gasteiger partial charge in [-0.2, -0.15) is 57.1 Å². The molecule has 0 radical (unpaired) electrons. The predicted octanol–water partition coefficient (Wildman–Crippen LogP) is 3.08. The highest BCUT2D eigenvalue weighted by atomic mass is 19.4. The van der Waals surface area contributed by atoms with E-state index in [9.17, 15) is 57.1 Å². The Bertz CT molecular complexity index is 426. The number of alkyl halides is 13. The zero-order chi connectivity index (χ0) is 19.3. The van der Waals surface area contributed by atoms with E-state index < -0.39 is 48.5 Å². The van der Waals surface area contributed by atoms with E-state index >= 15 is 0 Å². The molecule has 0 amide bonds. The van der Waals surface area contributed by atoms with Crippen molar-refractivity contribution in [2.45, 2.75) is 41.9 Å². The second-order valence-corrected chi connectivity index (χ2v) is 4.12. The lowest BCUT2D eigenvalue weighted by Crippen LogP contribution is -2.71. The molecule has 0 aliphatic rings. The van der Waals surface area contributed by atoms with Gasteiger partial charge in [-0.1, -0.05) is 0 Å². The Morgan fingerprint density at radius 3 is 1.13 bits per heavy atom. The summed E-state index contributed by atoms with van der Waals surface area (Å²) in [5.74, 6) is -38.0. The molecule has 1 atom stereocenters. The van der Waals surface area contributed by atoms with E-state index in [1.54, 1.807) is 0 Å². The molecule has 0 aliphatic carbocycles. The smallest absolute Gasteiger partial charge is 0.393 e. The Morgan fingerprint density at radius 1 is 0.565 bits per heavy atom. The molecule has 0 fully saturated rings. The molecule has 0 aliphatic heterocycles. The monoisotopic (exact) mass is 380 g/mol. The first kappa shape index (κ1) is 22.0. The largest absolute Gasteiger partial charge is 0.460 e. The van der Waals surface area contributed by atoms with Crippen molar-refractivity contribution in [3.8, 4) is 0 Å². The van der Waals surface area contributed by atoms with Gasteiger partial charge < -0.3 is 10.2 Å². The van der Waals surface area contributed by atoms with Crippen LogP contribution in [-0.2, 0) is 0 Å². The van der Waals surface area contributed by atoms with E-state index in [-0.39, 0.29) is 0 Å². The number of hydrogen-bond donors (Lipinski definition) is 2. The van der Waals surface area contributed by atoms with Crippen molar-refractivity contribution in [1.82, 2.24) is 0 Å². The topological polar surface area (TPSA) is 40.5 Å². The van der Waals surface area contributed by atoms with Gasteiger partial charge in [0.05, 0.1) is 6.61 Å². The average Bonchev–Trinajstić information content (AvgIpc) is 2.35. The Kier molecular flexibility index (Phi) is 5.29. The summed E-state index contributed by atoms with van der Waals surface area (Å²) in [5.41, 5.74) is 0. The summed E-state index contributed by atoms with van der Waals surface area (Å²) in [5, 5.41) is 16.2. The molecular formula is C8H5F13O2. The van der Waals surface area contributed by atoms with E-state index in [2.05, 4.69) is 0 Å². The molecule has 0 rings (SSSR count). The molecule has 0 aromatic heterocycles. The second-order valence-electron chi connectivity index (χ2n) is 4.12. The fraction of sp³-hybridized carbons (Fsp3) is 1.00. The quantitative estimate of drug-likeness (QED) is 0.696. The number of rotatable bonds is 6. The van der Waals surface area contributed by atoms with Crippen LogP contribution in [0.4, 0.5) is 57.1 Å². The van der Waals surface area contributed by atoms with E-state index in [1.807, 2.05) is 0 Å². The van der Waals surface area contributed by atoms with Crippen LogP contribution in [-0.4, -0.2) is 58.7 Å². The minimum atomic E-state index is -8.01. The van der Waals surface area contributed by atoms with Crippen molar-refractivity contribution in [3.63, 3.8) is 0 Å². The zero-order valence-corrected chi connectivity index (χ0v) is 10.1. The number of aliphatic hydroxyl groups excluding tert-OH is 2. The molecule has 0 bridgehead atoms. The highest BCUT2D eigenvalue weighted by molar-refractivity contribution is 5.11. The normalized spacial score (nSPS) is 17.3. The van der Waals surface area contributed by atoms with Crippen LogP contribution in [0.25, 0.3) is 0 Å². The van der Waals surface area contributed by atoms with Gasteiger partial charge in [0, 0.05) is 0 Å². The first-order valence-corrected chi connectivity index (χ1v) is 4.98. The zero-order valence-electron chi connectivity index (χ0n) is 10.1. The summed E-state index contributed by atoms with van der Waals surface area (Å²) >= 11 is 0. The molecule has 140 valence electrons.